The molecule has 1 aromatic carbocycles. The first-order valence-electron chi connectivity index (χ1n) is 7.81. The molecule has 1 N–H and O–H groups in total. The van der Waals surface area contributed by atoms with Gasteiger partial charge in [-0.15, -0.1) is 11.3 Å². The molecule has 122 valence electrons. The van der Waals surface area contributed by atoms with Crippen LogP contribution in [-0.2, 0) is 12.8 Å². The number of hydrogen-bond acceptors (Lipinski definition) is 5. The van der Waals surface area contributed by atoms with Crippen molar-refractivity contribution < 1.29 is 9.53 Å². The molecule has 4 rings (SSSR count). The molecule has 1 aliphatic heterocycles. The van der Waals surface area contributed by atoms with E-state index in [4.69, 9.17) is 4.74 Å². The van der Waals surface area contributed by atoms with Crippen LogP contribution in [0.5, 0.6) is 5.75 Å². The highest BCUT2D eigenvalue weighted by Gasteiger charge is 2.17. The Kier molecular flexibility index (Phi) is 3.49. The molecule has 6 heteroatoms. The summed E-state index contributed by atoms with van der Waals surface area (Å²) in [6, 6.07) is 6.07. The van der Waals surface area contributed by atoms with Crippen molar-refractivity contribution in [2.75, 3.05) is 6.61 Å². The molecule has 0 amide bonds. The Labute approximate surface area is 142 Å². The fourth-order valence-electron chi connectivity index (χ4n) is 3.15. The molecule has 0 spiro atoms. The number of rotatable bonds is 3. The number of nitrogens with one attached hydrogen (secondary N) is 1. The van der Waals surface area contributed by atoms with Crippen LogP contribution < -0.4 is 10.3 Å². The van der Waals surface area contributed by atoms with E-state index in [1.54, 1.807) is 6.92 Å². The second-order valence-corrected chi connectivity index (χ2v) is 7.02. The van der Waals surface area contributed by atoms with Crippen molar-refractivity contribution in [2.24, 2.45) is 0 Å². The van der Waals surface area contributed by atoms with Crippen LogP contribution in [-0.4, -0.2) is 22.4 Å². The van der Waals surface area contributed by atoms with Gasteiger partial charge in [0, 0.05) is 12.8 Å². The number of nitrogens with zero attached hydrogens (tertiary/aromatic N) is 1. The minimum Gasteiger partial charge on any atom is -0.493 e. The lowest BCUT2D eigenvalue weighted by Crippen LogP contribution is -2.12. The van der Waals surface area contributed by atoms with Crippen LogP contribution >= 0.6 is 11.3 Å². The number of benzene rings is 1. The predicted octanol–water partition coefficient (Wildman–Crippen LogP) is 3.02. The van der Waals surface area contributed by atoms with E-state index in [9.17, 15) is 9.59 Å². The third kappa shape index (κ3) is 2.43. The van der Waals surface area contributed by atoms with Crippen molar-refractivity contribution in [2.45, 2.75) is 26.7 Å². The van der Waals surface area contributed by atoms with Crippen LogP contribution in [0.1, 0.15) is 39.1 Å². The van der Waals surface area contributed by atoms with Gasteiger partial charge in [-0.05, 0) is 36.6 Å². The van der Waals surface area contributed by atoms with Crippen molar-refractivity contribution in [3.05, 3.63) is 55.9 Å². The number of ketones is 1. The summed E-state index contributed by atoms with van der Waals surface area (Å²) < 4.78 is 5.52. The molecule has 2 aromatic heterocycles. The maximum atomic E-state index is 12.4. The highest BCUT2D eigenvalue weighted by atomic mass is 32.1. The Morgan fingerprint density at radius 2 is 2.25 bits per heavy atom. The fraction of sp³-hybridized carbons (Fsp3) is 0.278. The van der Waals surface area contributed by atoms with Gasteiger partial charge < -0.3 is 9.72 Å². The summed E-state index contributed by atoms with van der Waals surface area (Å²) >= 11 is 1.29. The van der Waals surface area contributed by atoms with E-state index >= 15 is 0 Å². The molecular weight excluding hydrogens is 324 g/mol. The normalized spacial score (nSPS) is 13.1. The van der Waals surface area contributed by atoms with E-state index in [0.717, 1.165) is 29.9 Å². The summed E-state index contributed by atoms with van der Waals surface area (Å²) in [4.78, 5) is 32.8. The summed E-state index contributed by atoms with van der Waals surface area (Å²) in [6.45, 7) is 4.04. The minimum atomic E-state index is -0.180. The molecule has 5 nitrogen and oxygen atoms in total. The molecule has 3 heterocycles. The zero-order valence-corrected chi connectivity index (χ0v) is 14.3. The lowest BCUT2D eigenvalue weighted by molar-refractivity contribution is 0.102. The summed E-state index contributed by atoms with van der Waals surface area (Å²) in [5.41, 5.74) is 2.82. The monoisotopic (exact) mass is 340 g/mol. The topological polar surface area (TPSA) is 72.0 Å². The lowest BCUT2D eigenvalue weighted by atomic mass is 10.1. The average molecular weight is 340 g/mol. The van der Waals surface area contributed by atoms with Crippen molar-refractivity contribution in [3.63, 3.8) is 0 Å². The fourth-order valence-corrected chi connectivity index (χ4v) is 4.25. The van der Waals surface area contributed by atoms with Gasteiger partial charge in [0.1, 0.15) is 16.4 Å². The Balaban J connectivity index is 1.75. The molecule has 0 fully saturated rings. The Morgan fingerprint density at radius 3 is 3.04 bits per heavy atom. The van der Waals surface area contributed by atoms with Gasteiger partial charge in [-0.1, -0.05) is 12.1 Å². The summed E-state index contributed by atoms with van der Waals surface area (Å²) in [5.74, 6) is 1.52. The number of aryl methyl sites for hydroxylation is 1. The van der Waals surface area contributed by atoms with Crippen molar-refractivity contribution in [1.29, 1.82) is 0 Å². The largest absolute Gasteiger partial charge is 0.493 e. The van der Waals surface area contributed by atoms with E-state index < -0.39 is 0 Å². The number of ether oxygens (including phenoxy) is 1. The molecule has 0 bridgehead atoms. The van der Waals surface area contributed by atoms with Crippen molar-refractivity contribution >= 4 is 27.3 Å². The van der Waals surface area contributed by atoms with Gasteiger partial charge in [0.05, 0.1) is 16.9 Å². The zero-order valence-electron chi connectivity index (χ0n) is 13.4. The number of carbonyl (C=O) groups excluding carboxylic acids is 1. The van der Waals surface area contributed by atoms with Gasteiger partial charge in [-0.2, -0.15) is 0 Å². The number of fused-ring (bicyclic) bond motifs is 2. The lowest BCUT2D eigenvalue weighted by Gasteiger charge is -2.04. The van der Waals surface area contributed by atoms with E-state index in [-0.39, 0.29) is 11.3 Å². The van der Waals surface area contributed by atoms with Crippen LogP contribution in [0.15, 0.2) is 23.0 Å². The number of thiophene rings is 1. The molecular formula is C18H16N2O3S. The number of carbonyl (C=O) groups is 1. The van der Waals surface area contributed by atoms with E-state index in [0.29, 0.717) is 27.3 Å². The maximum absolute atomic E-state index is 12.4. The predicted molar refractivity (Wildman–Crippen MR) is 93.4 cm³/mol. The van der Waals surface area contributed by atoms with Crippen molar-refractivity contribution in [3.8, 4) is 5.75 Å². The number of aromatic amines is 1. The molecule has 24 heavy (non-hydrogen) atoms. The van der Waals surface area contributed by atoms with Crippen molar-refractivity contribution in [1.82, 2.24) is 9.97 Å². The highest BCUT2D eigenvalue weighted by molar-refractivity contribution is 7.20. The smallest absolute Gasteiger partial charge is 0.259 e. The van der Waals surface area contributed by atoms with Crippen LogP contribution in [0.4, 0.5) is 0 Å². The average Bonchev–Trinajstić information content (AvgIpc) is 3.11. The first-order chi connectivity index (χ1) is 11.5. The van der Waals surface area contributed by atoms with Crippen LogP contribution in [0, 0.1) is 6.92 Å². The zero-order chi connectivity index (χ0) is 16.8. The van der Waals surface area contributed by atoms with Crippen LogP contribution in [0.25, 0.3) is 10.2 Å². The van der Waals surface area contributed by atoms with Gasteiger partial charge >= 0.3 is 0 Å². The SMILES string of the molecule is CC(=O)c1sc2nc(Cc3ccc4c(c3)CCO4)[nH]c(=O)c2c1C. The molecule has 1 aliphatic rings. The molecule has 0 atom stereocenters. The van der Waals surface area contributed by atoms with Gasteiger partial charge in [0.25, 0.3) is 5.56 Å². The molecule has 0 saturated carbocycles. The summed E-state index contributed by atoms with van der Waals surface area (Å²) in [7, 11) is 0. The van der Waals surface area contributed by atoms with E-state index in [2.05, 4.69) is 16.0 Å². The van der Waals surface area contributed by atoms with Gasteiger partial charge in [-0.25, -0.2) is 4.98 Å². The third-order valence-corrected chi connectivity index (χ3v) is 5.58. The molecule has 3 aromatic rings. The number of aromatic nitrogens is 2. The number of H-pyrrole nitrogens is 1. The highest BCUT2D eigenvalue weighted by Crippen LogP contribution is 2.28. The molecule has 0 radical (unpaired) electrons. The molecule has 0 aliphatic carbocycles. The summed E-state index contributed by atoms with van der Waals surface area (Å²) in [5, 5.41) is 0.524. The standard InChI is InChI=1S/C18H16N2O3S/c1-9-15-17(22)19-14(20-18(15)24-16(9)10(2)21)8-11-3-4-13-12(7-11)5-6-23-13/h3-4,7H,5-6,8H2,1-2H3,(H,19,20,22). The number of hydrogen-bond donors (Lipinski definition) is 1. The Bertz CT molecular complexity index is 1030. The van der Waals surface area contributed by atoms with E-state index in [1.807, 2.05) is 12.1 Å². The summed E-state index contributed by atoms with van der Waals surface area (Å²) in [6.07, 6.45) is 1.46. The quantitative estimate of drug-likeness (QED) is 0.744. The molecule has 0 unspecified atom stereocenters. The van der Waals surface area contributed by atoms with Crippen LogP contribution in [0.3, 0.4) is 0 Å². The first kappa shape index (κ1) is 15.1. The van der Waals surface area contributed by atoms with Gasteiger partial charge in [0.15, 0.2) is 5.78 Å². The first-order valence-corrected chi connectivity index (χ1v) is 8.62. The minimum absolute atomic E-state index is 0.0323. The second-order valence-electron chi connectivity index (χ2n) is 6.02. The van der Waals surface area contributed by atoms with Gasteiger partial charge in [0.2, 0.25) is 0 Å². The molecule has 0 saturated heterocycles. The number of Topliss-reactive ketones (excluding diaryl/α,β-unsaturated/α-hetero) is 1. The van der Waals surface area contributed by atoms with E-state index in [1.165, 1.54) is 23.8 Å². The van der Waals surface area contributed by atoms with Crippen LogP contribution in [0.2, 0.25) is 0 Å². The maximum Gasteiger partial charge on any atom is 0.259 e. The third-order valence-electron chi connectivity index (χ3n) is 4.29. The Hall–Kier alpha value is -2.47. The van der Waals surface area contributed by atoms with Gasteiger partial charge in [-0.3, -0.25) is 9.59 Å². The second kappa shape index (κ2) is 5.56. The Morgan fingerprint density at radius 1 is 1.42 bits per heavy atom.